The van der Waals surface area contributed by atoms with Crippen LogP contribution in [0.15, 0.2) is 0 Å². The summed E-state index contributed by atoms with van der Waals surface area (Å²) < 4.78 is 1.89. The number of nitrogens with one attached hydrogen (secondary N) is 2. The van der Waals surface area contributed by atoms with E-state index < -0.39 is 0 Å². The van der Waals surface area contributed by atoms with Crippen LogP contribution < -0.4 is 10.6 Å². The van der Waals surface area contributed by atoms with E-state index in [1.165, 1.54) is 18.4 Å². The Morgan fingerprint density at radius 1 is 1.50 bits per heavy atom. The minimum absolute atomic E-state index is 0.151. The molecule has 112 valence electrons. The summed E-state index contributed by atoms with van der Waals surface area (Å²) >= 11 is 0. The number of hydrogen-bond acceptors (Lipinski definition) is 3. The molecule has 0 aliphatic carbocycles. The van der Waals surface area contributed by atoms with Gasteiger partial charge in [-0.25, -0.2) is 0 Å². The van der Waals surface area contributed by atoms with Crippen molar-refractivity contribution in [1.82, 2.24) is 20.4 Å². The fourth-order valence-corrected chi connectivity index (χ4v) is 2.86. The summed E-state index contributed by atoms with van der Waals surface area (Å²) in [6, 6.07) is 0. The zero-order valence-electron chi connectivity index (χ0n) is 12.8. The number of aromatic nitrogens is 2. The van der Waals surface area contributed by atoms with E-state index in [-0.39, 0.29) is 5.91 Å². The Kier molecular flexibility index (Phi) is 5.17. The average Bonchev–Trinajstić information content (AvgIpc) is 2.69. The van der Waals surface area contributed by atoms with Gasteiger partial charge in [0.2, 0.25) is 5.91 Å². The third kappa shape index (κ3) is 3.82. The fraction of sp³-hybridized carbons (Fsp3) is 0.733. The van der Waals surface area contributed by atoms with E-state index in [9.17, 15) is 4.79 Å². The Hall–Kier alpha value is -1.36. The molecule has 1 aromatic heterocycles. The van der Waals surface area contributed by atoms with Gasteiger partial charge in [0.1, 0.15) is 0 Å². The highest BCUT2D eigenvalue weighted by molar-refractivity contribution is 5.76. The van der Waals surface area contributed by atoms with Gasteiger partial charge >= 0.3 is 0 Å². The van der Waals surface area contributed by atoms with E-state index in [0.29, 0.717) is 12.3 Å². The molecule has 0 bridgehead atoms. The first-order valence-electron chi connectivity index (χ1n) is 7.54. The molecule has 2 N–H and O–H groups in total. The Balaban J connectivity index is 1.74. The highest BCUT2D eigenvalue weighted by atomic mass is 16.1. The highest BCUT2D eigenvalue weighted by Crippen LogP contribution is 2.14. The Morgan fingerprint density at radius 2 is 2.30 bits per heavy atom. The lowest BCUT2D eigenvalue weighted by Gasteiger charge is -2.22. The minimum atomic E-state index is 0.151. The van der Waals surface area contributed by atoms with Crippen molar-refractivity contribution in [2.45, 2.75) is 39.5 Å². The summed E-state index contributed by atoms with van der Waals surface area (Å²) in [5.74, 6) is 0.743. The number of amides is 1. The van der Waals surface area contributed by atoms with Gasteiger partial charge in [0, 0.05) is 25.7 Å². The second-order valence-electron chi connectivity index (χ2n) is 5.79. The molecule has 1 amide bonds. The lowest BCUT2D eigenvalue weighted by Crippen LogP contribution is -2.38. The molecule has 1 aliphatic heterocycles. The molecule has 1 aromatic rings. The maximum absolute atomic E-state index is 11.9. The Labute approximate surface area is 121 Å². The fourth-order valence-electron chi connectivity index (χ4n) is 2.86. The smallest absolute Gasteiger partial charge is 0.220 e. The number of carbonyl (C=O) groups is 1. The quantitative estimate of drug-likeness (QED) is 0.847. The third-order valence-electron chi connectivity index (χ3n) is 4.25. The van der Waals surface area contributed by atoms with Crippen LogP contribution in [-0.4, -0.2) is 35.3 Å². The van der Waals surface area contributed by atoms with Crippen molar-refractivity contribution in [2.75, 3.05) is 19.6 Å². The van der Waals surface area contributed by atoms with Crippen LogP contribution in [0.4, 0.5) is 0 Å². The molecule has 1 atom stereocenters. The number of piperidine rings is 1. The second kappa shape index (κ2) is 6.88. The number of hydrogen-bond donors (Lipinski definition) is 2. The van der Waals surface area contributed by atoms with Crippen molar-refractivity contribution in [1.29, 1.82) is 0 Å². The number of carbonyl (C=O) groups excluding carboxylic acids is 1. The van der Waals surface area contributed by atoms with Gasteiger partial charge in [0.05, 0.1) is 5.69 Å². The lowest BCUT2D eigenvalue weighted by molar-refractivity contribution is -0.121. The summed E-state index contributed by atoms with van der Waals surface area (Å²) in [5.41, 5.74) is 3.41. The predicted octanol–water partition coefficient (Wildman–Crippen LogP) is 1.09. The zero-order valence-corrected chi connectivity index (χ0v) is 12.8. The van der Waals surface area contributed by atoms with Gasteiger partial charge in [-0.2, -0.15) is 5.10 Å². The molecular formula is C15H26N4O. The summed E-state index contributed by atoms with van der Waals surface area (Å²) in [5, 5.41) is 10.8. The summed E-state index contributed by atoms with van der Waals surface area (Å²) in [4.78, 5) is 11.9. The van der Waals surface area contributed by atoms with Crippen LogP contribution >= 0.6 is 0 Å². The van der Waals surface area contributed by atoms with Gasteiger partial charge in [-0.1, -0.05) is 0 Å². The molecule has 2 rings (SSSR count). The molecule has 20 heavy (non-hydrogen) atoms. The van der Waals surface area contributed by atoms with Crippen molar-refractivity contribution in [3.8, 4) is 0 Å². The van der Waals surface area contributed by atoms with Crippen molar-refractivity contribution in [2.24, 2.45) is 13.0 Å². The van der Waals surface area contributed by atoms with Gasteiger partial charge in [-0.15, -0.1) is 0 Å². The molecule has 0 radical (unpaired) electrons. The molecule has 1 fully saturated rings. The number of nitrogens with zero attached hydrogens (tertiary/aromatic N) is 2. The molecule has 1 saturated heterocycles. The summed E-state index contributed by atoms with van der Waals surface area (Å²) in [7, 11) is 1.95. The zero-order chi connectivity index (χ0) is 14.5. The predicted molar refractivity (Wildman–Crippen MR) is 79.6 cm³/mol. The first-order valence-corrected chi connectivity index (χ1v) is 7.54. The van der Waals surface area contributed by atoms with Crippen LogP contribution in [0.5, 0.6) is 0 Å². The normalized spacial score (nSPS) is 19.1. The second-order valence-corrected chi connectivity index (χ2v) is 5.79. The van der Waals surface area contributed by atoms with Crippen LogP contribution in [0.1, 0.15) is 36.2 Å². The van der Waals surface area contributed by atoms with Gasteiger partial charge < -0.3 is 10.6 Å². The van der Waals surface area contributed by atoms with Gasteiger partial charge in [0.25, 0.3) is 0 Å². The van der Waals surface area contributed by atoms with Crippen LogP contribution in [-0.2, 0) is 18.3 Å². The van der Waals surface area contributed by atoms with Crippen molar-refractivity contribution in [3.63, 3.8) is 0 Å². The molecular weight excluding hydrogens is 252 g/mol. The minimum Gasteiger partial charge on any atom is -0.356 e. The van der Waals surface area contributed by atoms with E-state index in [0.717, 1.165) is 37.4 Å². The van der Waals surface area contributed by atoms with E-state index >= 15 is 0 Å². The van der Waals surface area contributed by atoms with Crippen molar-refractivity contribution < 1.29 is 4.79 Å². The van der Waals surface area contributed by atoms with Crippen LogP contribution in [0.2, 0.25) is 0 Å². The lowest BCUT2D eigenvalue weighted by atomic mass is 9.99. The number of rotatable bonds is 5. The van der Waals surface area contributed by atoms with E-state index in [4.69, 9.17) is 0 Å². The van der Waals surface area contributed by atoms with Gasteiger partial charge in [-0.3, -0.25) is 9.48 Å². The highest BCUT2D eigenvalue weighted by Gasteiger charge is 2.15. The monoisotopic (exact) mass is 278 g/mol. The topological polar surface area (TPSA) is 59.0 Å². The van der Waals surface area contributed by atoms with E-state index in [2.05, 4.69) is 22.7 Å². The first kappa shape index (κ1) is 15.0. The largest absolute Gasteiger partial charge is 0.356 e. The van der Waals surface area contributed by atoms with Crippen LogP contribution in [0.3, 0.4) is 0 Å². The summed E-state index contributed by atoms with van der Waals surface area (Å²) in [6.45, 7) is 7.01. The number of aryl methyl sites for hydroxylation is 2. The standard InChI is InChI=1S/C15H26N4O/c1-11-14(12(2)19(3)18-11)6-7-15(20)17-10-13-5-4-8-16-9-13/h13,16H,4-10H2,1-3H3,(H,17,20). The molecule has 2 heterocycles. The van der Waals surface area contributed by atoms with Crippen LogP contribution in [0, 0.1) is 19.8 Å². The van der Waals surface area contributed by atoms with Gasteiger partial charge in [0.15, 0.2) is 0 Å². The van der Waals surface area contributed by atoms with Crippen molar-refractivity contribution in [3.05, 3.63) is 17.0 Å². The molecule has 5 nitrogen and oxygen atoms in total. The molecule has 1 aliphatic rings. The van der Waals surface area contributed by atoms with Crippen LogP contribution in [0.25, 0.3) is 0 Å². The van der Waals surface area contributed by atoms with E-state index in [1.54, 1.807) is 0 Å². The Morgan fingerprint density at radius 3 is 2.90 bits per heavy atom. The van der Waals surface area contributed by atoms with Gasteiger partial charge in [-0.05, 0) is 57.7 Å². The molecule has 0 spiro atoms. The first-order chi connectivity index (χ1) is 9.58. The third-order valence-corrected chi connectivity index (χ3v) is 4.25. The average molecular weight is 278 g/mol. The summed E-state index contributed by atoms with van der Waals surface area (Å²) in [6.07, 6.45) is 3.76. The Bertz CT molecular complexity index is 461. The molecule has 0 aromatic carbocycles. The maximum Gasteiger partial charge on any atom is 0.220 e. The molecule has 5 heteroatoms. The van der Waals surface area contributed by atoms with E-state index in [1.807, 2.05) is 18.7 Å². The maximum atomic E-state index is 11.9. The molecule has 1 unspecified atom stereocenters. The molecule has 0 saturated carbocycles. The van der Waals surface area contributed by atoms with Crippen molar-refractivity contribution >= 4 is 5.91 Å². The SMILES string of the molecule is Cc1nn(C)c(C)c1CCC(=O)NCC1CCCNC1.